The van der Waals surface area contributed by atoms with E-state index in [9.17, 15) is 14.4 Å². The molecule has 2 heterocycles. The standard InChI is InChI=1S/C10H8BrNO3S2/c11-8-2-1-7(17-8)6(13)5-12-9(14)3-4-16-10(12)15/h1-2H,3-5H2. The van der Waals surface area contributed by atoms with Crippen molar-refractivity contribution in [3.05, 3.63) is 20.8 Å². The molecule has 1 aliphatic rings. The van der Waals surface area contributed by atoms with Crippen molar-refractivity contribution in [3.63, 3.8) is 0 Å². The normalized spacial score (nSPS) is 16.4. The van der Waals surface area contributed by atoms with Crippen LogP contribution in [0.3, 0.4) is 0 Å². The lowest BCUT2D eigenvalue weighted by atomic mass is 10.3. The van der Waals surface area contributed by atoms with E-state index in [1.54, 1.807) is 12.1 Å². The second-order valence-electron chi connectivity index (χ2n) is 3.37. The molecule has 1 fully saturated rings. The first-order chi connectivity index (χ1) is 8.08. The summed E-state index contributed by atoms with van der Waals surface area (Å²) in [4.78, 5) is 36.4. The van der Waals surface area contributed by atoms with Crippen LogP contribution >= 0.6 is 39.0 Å². The minimum Gasteiger partial charge on any atom is -0.291 e. The molecule has 0 aliphatic carbocycles. The van der Waals surface area contributed by atoms with Gasteiger partial charge < -0.3 is 0 Å². The van der Waals surface area contributed by atoms with E-state index in [1.807, 2.05) is 0 Å². The summed E-state index contributed by atoms with van der Waals surface area (Å²) in [5.41, 5.74) is 0. The molecule has 1 aromatic heterocycles. The summed E-state index contributed by atoms with van der Waals surface area (Å²) in [6, 6.07) is 3.45. The molecule has 0 bridgehead atoms. The summed E-state index contributed by atoms with van der Waals surface area (Å²) < 4.78 is 0.853. The van der Waals surface area contributed by atoms with Crippen LogP contribution in [0.4, 0.5) is 4.79 Å². The maximum atomic E-state index is 11.9. The first-order valence-corrected chi connectivity index (χ1v) is 7.43. The number of thioether (sulfide) groups is 1. The van der Waals surface area contributed by atoms with Gasteiger partial charge >= 0.3 is 0 Å². The quantitative estimate of drug-likeness (QED) is 0.798. The third kappa shape index (κ3) is 2.97. The van der Waals surface area contributed by atoms with E-state index in [0.717, 1.165) is 20.4 Å². The summed E-state index contributed by atoms with van der Waals surface area (Å²) in [6.07, 6.45) is 0.317. The Bertz CT molecular complexity index is 470. The molecule has 0 saturated carbocycles. The lowest BCUT2D eigenvalue weighted by Gasteiger charge is -2.22. The summed E-state index contributed by atoms with van der Waals surface area (Å²) >= 11 is 5.64. The highest BCUT2D eigenvalue weighted by molar-refractivity contribution is 9.11. The van der Waals surface area contributed by atoms with Crippen LogP contribution in [0.5, 0.6) is 0 Å². The Morgan fingerprint density at radius 3 is 2.76 bits per heavy atom. The number of Topliss-reactive ketones (excluding diaryl/α,β-unsaturated/α-hetero) is 1. The predicted octanol–water partition coefficient (Wildman–Crippen LogP) is 2.78. The lowest BCUT2D eigenvalue weighted by Crippen LogP contribution is -2.41. The van der Waals surface area contributed by atoms with Crippen molar-refractivity contribution in [1.82, 2.24) is 4.90 Å². The monoisotopic (exact) mass is 333 g/mol. The van der Waals surface area contributed by atoms with Crippen LogP contribution in [-0.2, 0) is 4.79 Å². The third-order valence-corrected chi connectivity index (χ3v) is 4.75. The smallest absolute Gasteiger partial charge is 0.288 e. The van der Waals surface area contributed by atoms with Crippen LogP contribution in [0.2, 0.25) is 0 Å². The van der Waals surface area contributed by atoms with Gasteiger partial charge in [-0.15, -0.1) is 11.3 Å². The minimum absolute atomic E-state index is 0.155. The Hall–Kier alpha value is -0.660. The van der Waals surface area contributed by atoms with E-state index in [-0.39, 0.29) is 23.5 Å². The summed E-state index contributed by atoms with van der Waals surface area (Å²) in [5, 5.41) is -0.328. The summed E-state index contributed by atoms with van der Waals surface area (Å²) in [6.45, 7) is -0.155. The van der Waals surface area contributed by atoms with E-state index >= 15 is 0 Å². The van der Waals surface area contributed by atoms with Crippen LogP contribution in [0.1, 0.15) is 16.1 Å². The van der Waals surface area contributed by atoms with Crippen molar-refractivity contribution in [3.8, 4) is 0 Å². The highest BCUT2D eigenvalue weighted by Gasteiger charge is 2.29. The highest BCUT2D eigenvalue weighted by atomic mass is 79.9. The third-order valence-electron chi connectivity index (χ3n) is 2.21. The van der Waals surface area contributed by atoms with Gasteiger partial charge in [0.05, 0.1) is 15.2 Å². The van der Waals surface area contributed by atoms with Gasteiger partial charge in [0.25, 0.3) is 5.24 Å². The average Bonchev–Trinajstić information content (AvgIpc) is 2.70. The molecule has 2 rings (SSSR count). The van der Waals surface area contributed by atoms with Crippen molar-refractivity contribution in [2.75, 3.05) is 12.3 Å². The molecule has 0 N–H and O–H groups in total. The molecular formula is C10H8BrNO3S2. The predicted molar refractivity (Wildman–Crippen MR) is 70.5 cm³/mol. The molecule has 1 saturated heterocycles. The maximum absolute atomic E-state index is 11.9. The lowest BCUT2D eigenvalue weighted by molar-refractivity contribution is -0.127. The van der Waals surface area contributed by atoms with Gasteiger partial charge in [-0.1, -0.05) is 11.8 Å². The van der Waals surface area contributed by atoms with Crippen molar-refractivity contribution < 1.29 is 14.4 Å². The van der Waals surface area contributed by atoms with Gasteiger partial charge in [-0.25, -0.2) is 0 Å². The first-order valence-electron chi connectivity index (χ1n) is 4.83. The molecule has 0 aromatic carbocycles. The molecule has 2 amide bonds. The zero-order chi connectivity index (χ0) is 12.4. The van der Waals surface area contributed by atoms with Gasteiger partial charge in [-0.2, -0.15) is 0 Å². The largest absolute Gasteiger partial charge is 0.291 e. The molecule has 4 nitrogen and oxygen atoms in total. The Labute approximate surface area is 114 Å². The minimum atomic E-state index is -0.328. The van der Waals surface area contributed by atoms with Crippen molar-refractivity contribution in [2.45, 2.75) is 6.42 Å². The molecular weight excluding hydrogens is 326 g/mol. The number of thiophene rings is 1. The molecule has 0 atom stereocenters. The second kappa shape index (κ2) is 5.32. The average molecular weight is 334 g/mol. The van der Waals surface area contributed by atoms with Crippen LogP contribution in [0.15, 0.2) is 15.9 Å². The Kier molecular flexibility index (Phi) is 4.01. The zero-order valence-corrected chi connectivity index (χ0v) is 11.9. The summed E-state index contributed by atoms with van der Waals surface area (Å²) in [5.74, 6) is 0.0371. The SMILES string of the molecule is O=C(CN1C(=O)CCSC1=O)c1ccc(Br)s1. The number of hydrogen-bond donors (Lipinski definition) is 0. The molecule has 0 radical (unpaired) electrons. The zero-order valence-electron chi connectivity index (χ0n) is 8.64. The van der Waals surface area contributed by atoms with E-state index in [1.165, 1.54) is 11.3 Å². The van der Waals surface area contributed by atoms with Gasteiger partial charge in [0.2, 0.25) is 5.91 Å². The fourth-order valence-electron chi connectivity index (χ4n) is 1.38. The Balaban J connectivity index is 2.07. The number of halogens is 1. The number of hydrogen-bond acceptors (Lipinski definition) is 5. The highest BCUT2D eigenvalue weighted by Crippen LogP contribution is 2.24. The number of carbonyl (C=O) groups is 3. The van der Waals surface area contributed by atoms with Crippen molar-refractivity contribution in [1.29, 1.82) is 0 Å². The number of amides is 2. The Morgan fingerprint density at radius 1 is 1.41 bits per heavy atom. The number of carbonyl (C=O) groups excluding carboxylic acids is 3. The fourth-order valence-corrected chi connectivity index (χ4v) is 3.47. The first kappa shape index (κ1) is 12.8. The van der Waals surface area contributed by atoms with Crippen molar-refractivity contribution in [2.24, 2.45) is 0 Å². The Morgan fingerprint density at radius 2 is 2.18 bits per heavy atom. The second-order valence-corrected chi connectivity index (χ2v) is 6.88. The van der Waals surface area contributed by atoms with E-state index in [2.05, 4.69) is 15.9 Å². The molecule has 1 aliphatic heterocycles. The van der Waals surface area contributed by atoms with Crippen LogP contribution < -0.4 is 0 Å². The number of nitrogens with zero attached hydrogens (tertiary/aromatic N) is 1. The number of imide groups is 1. The fraction of sp³-hybridized carbons (Fsp3) is 0.300. The van der Waals surface area contributed by atoms with Gasteiger partial charge in [-0.05, 0) is 28.1 Å². The van der Waals surface area contributed by atoms with Gasteiger partial charge in [0, 0.05) is 12.2 Å². The number of ketones is 1. The van der Waals surface area contributed by atoms with Gasteiger partial charge in [0.1, 0.15) is 0 Å². The maximum Gasteiger partial charge on any atom is 0.288 e. The molecule has 90 valence electrons. The molecule has 0 unspecified atom stereocenters. The van der Waals surface area contributed by atoms with Crippen LogP contribution in [-0.4, -0.2) is 34.1 Å². The van der Waals surface area contributed by atoms with Crippen LogP contribution in [0, 0.1) is 0 Å². The molecule has 1 aromatic rings. The summed E-state index contributed by atoms with van der Waals surface area (Å²) in [7, 11) is 0. The van der Waals surface area contributed by atoms with Crippen molar-refractivity contribution >= 4 is 56.0 Å². The van der Waals surface area contributed by atoms with Crippen LogP contribution in [0.25, 0.3) is 0 Å². The number of rotatable bonds is 3. The van der Waals surface area contributed by atoms with Gasteiger partial charge in [-0.3, -0.25) is 19.3 Å². The topological polar surface area (TPSA) is 54.5 Å². The van der Waals surface area contributed by atoms with E-state index in [0.29, 0.717) is 17.1 Å². The molecule has 7 heteroatoms. The molecule has 0 spiro atoms. The van der Waals surface area contributed by atoms with E-state index in [4.69, 9.17) is 0 Å². The molecule has 17 heavy (non-hydrogen) atoms. The van der Waals surface area contributed by atoms with Gasteiger partial charge in [0.15, 0.2) is 5.78 Å². The van der Waals surface area contributed by atoms with E-state index < -0.39 is 0 Å².